The number of nitrogens with one attached hydrogen (secondary N) is 1. The summed E-state index contributed by atoms with van der Waals surface area (Å²) >= 11 is 0. The molecule has 0 unspecified atom stereocenters. The van der Waals surface area contributed by atoms with Crippen LogP contribution >= 0.6 is 0 Å². The zero-order valence-electron chi connectivity index (χ0n) is 16.4. The number of hydrogen-bond donors (Lipinski definition) is 1. The van der Waals surface area contributed by atoms with Gasteiger partial charge >= 0.3 is 11.9 Å². The van der Waals surface area contributed by atoms with Crippen molar-refractivity contribution >= 4 is 23.5 Å². The first-order valence-electron chi connectivity index (χ1n) is 8.97. The predicted molar refractivity (Wildman–Crippen MR) is 110 cm³/mol. The summed E-state index contributed by atoms with van der Waals surface area (Å²) in [5.41, 5.74) is 0.719. The number of amides is 1. The lowest BCUT2D eigenvalue weighted by atomic mass is 10.1. The highest BCUT2D eigenvalue weighted by molar-refractivity contribution is 6.07. The van der Waals surface area contributed by atoms with Crippen molar-refractivity contribution in [2.75, 3.05) is 19.5 Å². The van der Waals surface area contributed by atoms with Crippen molar-refractivity contribution in [1.29, 1.82) is 0 Å². The van der Waals surface area contributed by atoms with Crippen molar-refractivity contribution in [3.8, 4) is 11.5 Å². The number of para-hydroxylation sites is 2. The van der Waals surface area contributed by atoms with Gasteiger partial charge in [0.15, 0.2) is 0 Å². The van der Waals surface area contributed by atoms with Crippen LogP contribution in [0.25, 0.3) is 0 Å². The summed E-state index contributed by atoms with van der Waals surface area (Å²) in [5.74, 6) is -0.829. The van der Waals surface area contributed by atoms with Crippen molar-refractivity contribution in [3.63, 3.8) is 0 Å². The van der Waals surface area contributed by atoms with Crippen molar-refractivity contribution in [3.05, 3.63) is 89.5 Å². The molecule has 0 saturated heterocycles. The molecule has 30 heavy (non-hydrogen) atoms. The highest BCUT2D eigenvalue weighted by Crippen LogP contribution is 2.26. The highest BCUT2D eigenvalue weighted by Gasteiger charge is 2.17. The van der Waals surface area contributed by atoms with Gasteiger partial charge < -0.3 is 19.5 Å². The lowest BCUT2D eigenvalue weighted by Gasteiger charge is -2.13. The second-order valence-corrected chi connectivity index (χ2v) is 6.15. The van der Waals surface area contributed by atoms with E-state index in [-0.39, 0.29) is 22.4 Å². The van der Waals surface area contributed by atoms with Crippen molar-refractivity contribution < 1.29 is 28.6 Å². The summed E-state index contributed by atoms with van der Waals surface area (Å²) in [5, 5.41) is 2.69. The first-order valence-corrected chi connectivity index (χ1v) is 8.97. The molecule has 3 aromatic rings. The van der Waals surface area contributed by atoms with Crippen LogP contribution in [0, 0.1) is 0 Å². The third kappa shape index (κ3) is 4.82. The molecule has 0 fully saturated rings. The van der Waals surface area contributed by atoms with Crippen LogP contribution in [0.15, 0.2) is 72.8 Å². The van der Waals surface area contributed by atoms with Crippen molar-refractivity contribution in [2.24, 2.45) is 0 Å². The fraction of sp³-hybridized carbons (Fsp3) is 0.0870. The molecule has 0 aliphatic heterocycles. The van der Waals surface area contributed by atoms with E-state index in [2.05, 4.69) is 5.32 Å². The van der Waals surface area contributed by atoms with Crippen LogP contribution in [0.5, 0.6) is 11.5 Å². The first kappa shape index (κ1) is 20.6. The van der Waals surface area contributed by atoms with Crippen LogP contribution in [-0.2, 0) is 9.47 Å². The van der Waals surface area contributed by atoms with E-state index in [9.17, 15) is 14.4 Å². The van der Waals surface area contributed by atoms with Crippen LogP contribution in [0.2, 0.25) is 0 Å². The molecule has 0 heterocycles. The second-order valence-electron chi connectivity index (χ2n) is 6.15. The number of ether oxygens (including phenoxy) is 3. The normalized spacial score (nSPS) is 10.1. The van der Waals surface area contributed by atoms with Crippen molar-refractivity contribution in [1.82, 2.24) is 0 Å². The maximum absolute atomic E-state index is 12.9. The second kappa shape index (κ2) is 9.38. The van der Waals surface area contributed by atoms with E-state index in [0.29, 0.717) is 11.5 Å². The van der Waals surface area contributed by atoms with E-state index in [0.717, 1.165) is 0 Å². The van der Waals surface area contributed by atoms with Crippen LogP contribution < -0.4 is 10.1 Å². The topological polar surface area (TPSA) is 90.9 Å². The van der Waals surface area contributed by atoms with Crippen LogP contribution in [0.1, 0.15) is 31.1 Å². The summed E-state index contributed by atoms with van der Waals surface area (Å²) in [7, 11) is 2.45. The van der Waals surface area contributed by atoms with E-state index < -0.39 is 17.8 Å². The Morgan fingerprint density at radius 2 is 1.30 bits per heavy atom. The molecule has 0 aliphatic rings. The van der Waals surface area contributed by atoms with Crippen LogP contribution in [0.3, 0.4) is 0 Å². The van der Waals surface area contributed by atoms with E-state index in [1.54, 1.807) is 36.4 Å². The van der Waals surface area contributed by atoms with E-state index in [1.165, 1.54) is 32.4 Å². The van der Waals surface area contributed by atoms with Crippen molar-refractivity contribution in [2.45, 2.75) is 0 Å². The average Bonchev–Trinajstić information content (AvgIpc) is 2.78. The molecular weight excluding hydrogens is 386 g/mol. The minimum absolute atomic E-state index is 0.101. The molecule has 0 aliphatic carbocycles. The molecule has 0 bridgehead atoms. The molecule has 0 aromatic heterocycles. The molecule has 0 spiro atoms. The first-order chi connectivity index (χ1) is 14.5. The van der Waals surface area contributed by atoms with Gasteiger partial charge in [0.25, 0.3) is 5.91 Å². The van der Waals surface area contributed by atoms with Gasteiger partial charge in [-0.1, -0.05) is 30.3 Å². The molecule has 152 valence electrons. The Balaban J connectivity index is 1.91. The van der Waals surface area contributed by atoms with Gasteiger partial charge in [-0.2, -0.15) is 0 Å². The van der Waals surface area contributed by atoms with Gasteiger partial charge in [0.05, 0.1) is 30.9 Å². The zero-order valence-corrected chi connectivity index (χ0v) is 16.4. The summed E-state index contributed by atoms with van der Waals surface area (Å²) < 4.78 is 15.2. The van der Waals surface area contributed by atoms with Gasteiger partial charge in [-0.3, -0.25) is 4.79 Å². The lowest BCUT2D eigenvalue weighted by molar-refractivity contribution is 0.0599. The minimum Gasteiger partial charge on any atom is -0.465 e. The number of carbonyl (C=O) groups is 3. The molecule has 0 atom stereocenters. The Labute approximate surface area is 173 Å². The SMILES string of the molecule is COC(=O)c1cc(NC(=O)c2ccccc2Oc2ccccc2)cc(C(=O)OC)c1. The monoisotopic (exact) mass is 405 g/mol. The fourth-order valence-electron chi connectivity index (χ4n) is 2.73. The van der Waals surface area contributed by atoms with E-state index in [4.69, 9.17) is 14.2 Å². The van der Waals surface area contributed by atoms with Crippen LogP contribution in [-0.4, -0.2) is 32.1 Å². The molecule has 3 aromatic carbocycles. The zero-order chi connectivity index (χ0) is 21.5. The van der Waals surface area contributed by atoms with Gasteiger partial charge in [0.2, 0.25) is 0 Å². The average molecular weight is 405 g/mol. The number of rotatable bonds is 6. The number of hydrogen-bond acceptors (Lipinski definition) is 6. The number of anilines is 1. The Morgan fingerprint density at radius 1 is 0.733 bits per heavy atom. The summed E-state index contributed by atoms with van der Waals surface area (Å²) in [6.07, 6.45) is 0. The third-order valence-corrected chi connectivity index (χ3v) is 4.14. The molecule has 0 saturated carbocycles. The molecule has 1 N–H and O–H groups in total. The Hall–Kier alpha value is -4.13. The summed E-state index contributed by atoms with van der Waals surface area (Å²) in [4.78, 5) is 36.8. The molecule has 7 heteroatoms. The maximum Gasteiger partial charge on any atom is 0.337 e. The molecule has 7 nitrogen and oxygen atoms in total. The predicted octanol–water partition coefficient (Wildman–Crippen LogP) is 4.30. The number of carbonyl (C=O) groups excluding carboxylic acids is 3. The fourth-order valence-corrected chi connectivity index (χ4v) is 2.73. The molecule has 0 radical (unpaired) electrons. The summed E-state index contributed by atoms with van der Waals surface area (Å²) in [6.45, 7) is 0. The van der Waals surface area contributed by atoms with Crippen LogP contribution in [0.4, 0.5) is 5.69 Å². The van der Waals surface area contributed by atoms with Gasteiger partial charge in [-0.25, -0.2) is 9.59 Å². The Morgan fingerprint density at radius 3 is 1.90 bits per heavy atom. The van der Waals surface area contributed by atoms with E-state index in [1.807, 2.05) is 18.2 Å². The minimum atomic E-state index is -0.649. The smallest absolute Gasteiger partial charge is 0.337 e. The summed E-state index contributed by atoms with van der Waals surface area (Å²) in [6, 6.07) is 20.0. The lowest BCUT2D eigenvalue weighted by Crippen LogP contribution is -2.15. The number of esters is 2. The standard InChI is InChI=1S/C23H19NO6/c1-28-22(26)15-12-16(23(27)29-2)14-17(13-15)24-21(25)19-10-6-7-11-20(19)30-18-8-4-3-5-9-18/h3-14H,1-2H3,(H,24,25). The number of methoxy groups -OCH3 is 2. The van der Waals surface area contributed by atoms with E-state index >= 15 is 0 Å². The quantitative estimate of drug-likeness (QED) is 0.615. The molecule has 3 rings (SSSR count). The highest BCUT2D eigenvalue weighted by atomic mass is 16.5. The van der Waals surface area contributed by atoms with Gasteiger partial charge in [0, 0.05) is 5.69 Å². The Bertz CT molecular complexity index is 1040. The van der Waals surface area contributed by atoms with Gasteiger partial charge in [-0.05, 0) is 42.5 Å². The maximum atomic E-state index is 12.9. The molecular formula is C23H19NO6. The number of benzene rings is 3. The third-order valence-electron chi connectivity index (χ3n) is 4.14. The molecule has 1 amide bonds. The Kier molecular flexibility index (Phi) is 6.44. The van der Waals surface area contributed by atoms with Gasteiger partial charge in [0.1, 0.15) is 11.5 Å². The van der Waals surface area contributed by atoms with Gasteiger partial charge in [-0.15, -0.1) is 0 Å². The largest absolute Gasteiger partial charge is 0.465 e.